The second kappa shape index (κ2) is 17.8. The number of carboxylic acids is 1. The van der Waals surface area contributed by atoms with Crippen LogP contribution in [0, 0.1) is 12.8 Å². The lowest BCUT2D eigenvalue weighted by molar-refractivity contribution is -0.139. The van der Waals surface area contributed by atoms with E-state index in [2.05, 4.69) is 52.6 Å². The summed E-state index contributed by atoms with van der Waals surface area (Å²) in [6.45, 7) is 18.6. The van der Waals surface area contributed by atoms with Gasteiger partial charge in [0.25, 0.3) is 0 Å². The molecule has 0 aliphatic carbocycles. The summed E-state index contributed by atoms with van der Waals surface area (Å²) < 4.78 is 4.98. The molecule has 0 amide bonds. The Morgan fingerprint density at radius 3 is 2.14 bits per heavy atom. The first-order valence-corrected chi connectivity index (χ1v) is 9.59. The number of unbranched alkanes of at least 4 members (excludes halogenated alkanes) is 1. The first-order valence-electron chi connectivity index (χ1n) is 9.59. The van der Waals surface area contributed by atoms with Crippen LogP contribution in [0.5, 0.6) is 0 Å². The Balaban J connectivity index is 0. The van der Waals surface area contributed by atoms with Crippen molar-refractivity contribution in [2.24, 2.45) is 5.92 Å². The fourth-order valence-corrected chi connectivity index (χ4v) is 1.97. The molecule has 1 rings (SSSR count). The van der Waals surface area contributed by atoms with Crippen molar-refractivity contribution in [1.82, 2.24) is 0 Å². The minimum atomic E-state index is -0.935. The molecule has 1 atom stereocenters. The molecule has 0 saturated heterocycles. The van der Waals surface area contributed by atoms with Crippen molar-refractivity contribution >= 4 is 18.0 Å². The minimum Gasteiger partial charge on any atom is -0.478 e. The van der Waals surface area contributed by atoms with Gasteiger partial charge in [-0.15, -0.1) is 0 Å². The van der Waals surface area contributed by atoms with Crippen molar-refractivity contribution in [3.05, 3.63) is 66.8 Å². The van der Waals surface area contributed by atoms with Crippen molar-refractivity contribution in [1.29, 1.82) is 0 Å². The maximum atomic E-state index is 10.8. The Labute approximate surface area is 170 Å². The summed E-state index contributed by atoms with van der Waals surface area (Å²) in [5.74, 6) is -0.728. The zero-order valence-electron chi connectivity index (χ0n) is 17.9. The van der Waals surface area contributed by atoms with E-state index in [4.69, 9.17) is 9.84 Å². The highest BCUT2D eigenvalue weighted by molar-refractivity contribution is 5.84. The molecule has 0 aliphatic heterocycles. The first kappa shape index (κ1) is 27.6. The lowest BCUT2D eigenvalue weighted by atomic mass is 10.0. The van der Waals surface area contributed by atoms with E-state index in [0.29, 0.717) is 12.5 Å². The third-order valence-corrected chi connectivity index (χ3v) is 3.94. The highest BCUT2D eigenvalue weighted by Gasteiger charge is 2.07. The van der Waals surface area contributed by atoms with Crippen LogP contribution in [0.3, 0.4) is 0 Å². The van der Waals surface area contributed by atoms with E-state index in [1.807, 2.05) is 18.2 Å². The van der Waals surface area contributed by atoms with E-state index in [1.54, 1.807) is 0 Å². The van der Waals surface area contributed by atoms with E-state index in [9.17, 15) is 9.59 Å². The molecular formula is C24H36O4. The number of hydrogen-bond acceptors (Lipinski definition) is 3. The van der Waals surface area contributed by atoms with Gasteiger partial charge in [-0.1, -0.05) is 83.2 Å². The number of rotatable bonds is 9. The summed E-state index contributed by atoms with van der Waals surface area (Å²) in [6, 6.07) is 8.19. The van der Waals surface area contributed by atoms with Gasteiger partial charge >= 0.3 is 11.9 Å². The zero-order valence-corrected chi connectivity index (χ0v) is 17.9. The summed E-state index contributed by atoms with van der Waals surface area (Å²) in [5, 5.41) is 7.89. The SMILES string of the molecule is C=C(C)C(=O)O.C=CC(=O)OCC(CC)CCCC.C=Cc1ccccc1C. The van der Waals surface area contributed by atoms with Crippen molar-refractivity contribution in [2.75, 3.05) is 6.61 Å². The van der Waals surface area contributed by atoms with Gasteiger partial charge in [0.15, 0.2) is 0 Å². The molecule has 156 valence electrons. The number of carbonyl (C=O) groups excluding carboxylic acids is 1. The van der Waals surface area contributed by atoms with Crippen molar-refractivity contribution < 1.29 is 19.4 Å². The number of carboxylic acid groups (broad SMARTS) is 1. The average molecular weight is 389 g/mol. The maximum absolute atomic E-state index is 10.8. The Kier molecular flexibility index (Phi) is 17.5. The van der Waals surface area contributed by atoms with Crippen LogP contribution in [0.1, 0.15) is 57.6 Å². The summed E-state index contributed by atoms with van der Waals surface area (Å²) in [7, 11) is 0. The number of aryl methyl sites for hydroxylation is 1. The third kappa shape index (κ3) is 15.6. The number of carbonyl (C=O) groups is 2. The first-order chi connectivity index (χ1) is 13.2. The van der Waals surface area contributed by atoms with Crippen LogP contribution in [0.2, 0.25) is 0 Å². The van der Waals surface area contributed by atoms with Crippen molar-refractivity contribution in [2.45, 2.75) is 53.4 Å². The molecule has 1 aromatic rings. The largest absolute Gasteiger partial charge is 0.478 e. The highest BCUT2D eigenvalue weighted by Crippen LogP contribution is 2.12. The van der Waals surface area contributed by atoms with Gasteiger partial charge in [0.1, 0.15) is 0 Å². The minimum absolute atomic E-state index is 0.176. The van der Waals surface area contributed by atoms with Crippen LogP contribution in [0.4, 0.5) is 0 Å². The van der Waals surface area contributed by atoms with Gasteiger partial charge in [0.05, 0.1) is 6.61 Å². The second-order valence-corrected chi connectivity index (χ2v) is 6.40. The zero-order chi connectivity index (χ0) is 21.9. The van der Waals surface area contributed by atoms with Crippen LogP contribution in [-0.2, 0) is 14.3 Å². The molecule has 0 heterocycles. The molecular weight excluding hydrogens is 352 g/mol. The Morgan fingerprint density at radius 1 is 1.21 bits per heavy atom. The van der Waals surface area contributed by atoms with Gasteiger partial charge in [0.2, 0.25) is 0 Å². The standard InChI is InChI=1S/C11H20O2.C9H10.C4H6O2/c1-4-7-8-10(5-2)9-13-11(12)6-3;1-3-9-7-5-4-6-8(9)2;1-3(2)4(5)6/h6,10H,3-5,7-9H2,1-2H3;3-7H,1H2,2H3;1H2,2H3,(H,5,6). The molecule has 1 unspecified atom stereocenters. The third-order valence-electron chi connectivity index (χ3n) is 3.94. The van der Waals surface area contributed by atoms with Crippen LogP contribution >= 0.6 is 0 Å². The highest BCUT2D eigenvalue weighted by atomic mass is 16.5. The predicted molar refractivity (Wildman–Crippen MR) is 118 cm³/mol. The Bertz CT molecular complexity index is 605. The second-order valence-electron chi connectivity index (χ2n) is 6.40. The van der Waals surface area contributed by atoms with Gasteiger partial charge in [-0.05, 0) is 37.3 Å². The van der Waals surface area contributed by atoms with E-state index < -0.39 is 5.97 Å². The molecule has 4 heteroatoms. The number of aliphatic carboxylic acids is 1. The molecule has 0 fully saturated rings. The molecule has 28 heavy (non-hydrogen) atoms. The fourth-order valence-electron chi connectivity index (χ4n) is 1.97. The summed E-state index contributed by atoms with van der Waals surface area (Å²) in [6.07, 6.45) is 7.72. The van der Waals surface area contributed by atoms with Gasteiger partial charge in [-0.3, -0.25) is 0 Å². The number of benzene rings is 1. The fraction of sp³-hybridized carbons (Fsp3) is 0.417. The summed E-state index contributed by atoms with van der Waals surface area (Å²) in [4.78, 5) is 20.4. The smallest absolute Gasteiger partial charge is 0.330 e. The van der Waals surface area contributed by atoms with E-state index in [1.165, 1.54) is 37.0 Å². The van der Waals surface area contributed by atoms with E-state index in [0.717, 1.165) is 12.8 Å². The van der Waals surface area contributed by atoms with Crippen LogP contribution < -0.4 is 0 Å². The van der Waals surface area contributed by atoms with Crippen molar-refractivity contribution in [3.8, 4) is 0 Å². The number of esters is 1. The summed E-state index contributed by atoms with van der Waals surface area (Å²) in [5.41, 5.74) is 2.68. The molecule has 0 aromatic heterocycles. The monoisotopic (exact) mass is 388 g/mol. The Morgan fingerprint density at radius 2 is 1.79 bits per heavy atom. The molecule has 0 bridgehead atoms. The molecule has 0 spiro atoms. The molecule has 1 aromatic carbocycles. The molecule has 0 saturated carbocycles. The van der Waals surface area contributed by atoms with E-state index in [-0.39, 0.29) is 11.5 Å². The van der Waals surface area contributed by atoms with Crippen LogP contribution in [-0.4, -0.2) is 23.7 Å². The lowest BCUT2D eigenvalue weighted by Gasteiger charge is -2.13. The van der Waals surface area contributed by atoms with Crippen molar-refractivity contribution in [3.63, 3.8) is 0 Å². The predicted octanol–water partition coefficient (Wildman–Crippen LogP) is 6.22. The van der Waals surface area contributed by atoms with Gasteiger partial charge in [-0.25, -0.2) is 9.59 Å². The number of ether oxygens (including phenoxy) is 1. The molecule has 0 aliphatic rings. The van der Waals surface area contributed by atoms with Gasteiger partial charge in [0, 0.05) is 11.6 Å². The van der Waals surface area contributed by atoms with E-state index >= 15 is 0 Å². The normalized spacial score (nSPS) is 10.1. The van der Waals surface area contributed by atoms with Crippen LogP contribution in [0.15, 0.2) is 55.7 Å². The molecule has 1 N–H and O–H groups in total. The average Bonchev–Trinajstić information content (AvgIpc) is 2.69. The Hall–Kier alpha value is -2.62. The summed E-state index contributed by atoms with van der Waals surface area (Å²) >= 11 is 0. The molecule has 0 radical (unpaired) electrons. The quantitative estimate of drug-likeness (QED) is 0.403. The van der Waals surface area contributed by atoms with Crippen LogP contribution in [0.25, 0.3) is 6.08 Å². The topological polar surface area (TPSA) is 63.6 Å². The van der Waals surface area contributed by atoms with Gasteiger partial charge in [-0.2, -0.15) is 0 Å². The number of hydrogen-bond donors (Lipinski definition) is 1. The van der Waals surface area contributed by atoms with Gasteiger partial charge < -0.3 is 9.84 Å². The molecule has 4 nitrogen and oxygen atoms in total. The lowest BCUT2D eigenvalue weighted by Crippen LogP contribution is -2.12. The maximum Gasteiger partial charge on any atom is 0.330 e.